The van der Waals surface area contributed by atoms with Crippen molar-refractivity contribution in [1.82, 2.24) is 0 Å². The van der Waals surface area contributed by atoms with E-state index in [1.54, 1.807) is 5.57 Å². The minimum atomic E-state index is -0.147. The van der Waals surface area contributed by atoms with E-state index in [0.29, 0.717) is 5.92 Å². The SMILES string of the molecule is CC(=O)O[C@@H]1CC[C@]2(C)C(=CC[C@@H]3[C@H]4CC[C@@H](O)[C@@]4(C)CC[C@H]32)C1. The quantitative estimate of drug-likeness (QED) is 0.577. The molecule has 0 aromatic rings. The van der Waals surface area contributed by atoms with Gasteiger partial charge in [0, 0.05) is 13.3 Å². The Morgan fingerprint density at radius 3 is 2.71 bits per heavy atom. The van der Waals surface area contributed by atoms with Crippen LogP contribution in [-0.4, -0.2) is 23.3 Å². The molecule has 3 heteroatoms. The van der Waals surface area contributed by atoms with E-state index in [4.69, 9.17) is 4.74 Å². The van der Waals surface area contributed by atoms with E-state index >= 15 is 0 Å². The van der Waals surface area contributed by atoms with E-state index in [1.165, 1.54) is 26.2 Å². The second kappa shape index (κ2) is 5.59. The van der Waals surface area contributed by atoms with Gasteiger partial charge in [-0.1, -0.05) is 25.5 Å². The lowest BCUT2D eigenvalue weighted by Gasteiger charge is -2.57. The van der Waals surface area contributed by atoms with Gasteiger partial charge in [-0.3, -0.25) is 4.79 Å². The molecule has 0 unspecified atom stereocenters. The average Bonchev–Trinajstić information content (AvgIpc) is 2.83. The van der Waals surface area contributed by atoms with Crippen molar-refractivity contribution in [2.75, 3.05) is 0 Å². The number of carbonyl (C=O) groups is 1. The van der Waals surface area contributed by atoms with E-state index < -0.39 is 0 Å². The number of carbonyl (C=O) groups excluding carboxylic acids is 1. The summed E-state index contributed by atoms with van der Waals surface area (Å²) in [4.78, 5) is 11.3. The van der Waals surface area contributed by atoms with Gasteiger partial charge in [-0.05, 0) is 73.5 Å². The molecule has 4 aliphatic carbocycles. The largest absolute Gasteiger partial charge is 0.462 e. The van der Waals surface area contributed by atoms with Gasteiger partial charge in [0.1, 0.15) is 6.10 Å². The third-order valence-corrected chi connectivity index (χ3v) is 8.34. The van der Waals surface area contributed by atoms with E-state index in [1.807, 2.05) is 0 Å². The molecular formula is C21H32O3. The molecule has 3 saturated carbocycles. The lowest BCUT2D eigenvalue weighted by atomic mass is 9.48. The molecule has 4 rings (SSSR count). The van der Waals surface area contributed by atoms with Gasteiger partial charge in [0.25, 0.3) is 0 Å². The molecule has 0 saturated heterocycles. The average molecular weight is 332 g/mol. The molecule has 3 fully saturated rings. The van der Waals surface area contributed by atoms with Crippen LogP contribution in [0.5, 0.6) is 0 Å². The van der Waals surface area contributed by atoms with Crippen LogP contribution >= 0.6 is 0 Å². The molecule has 0 aromatic heterocycles. The minimum Gasteiger partial charge on any atom is -0.462 e. The van der Waals surface area contributed by atoms with Crippen LogP contribution in [0, 0.1) is 28.6 Å². The van der Waals surface area contributed by atoms with E-state index in [2.05, 4.69) is 19.9 Å². The molecule has 0 spiro atoms. The number of esters is 1. The van der Waals surface area contributed by atoms with E-state index in [0.717, 1.165) is 43.9 Å². The monoisotopic (exact) mass is 332 g/mol. The van der Waals surface area contributed by atoms with Gasteiger partial charge in [0.05, 0.1) is 6.10 Å². The molecule has 134 valence electrons. The van der Waals surface area contributed by atoms with Crippen molar-refractivity contribution in [2.24, 2.45) is 28.6 Å². The van der Waals surface area contributed by atoms with Gasteiger partial charge < -0.3 is 9.84 Å². The lowest BCUT2D eigenvalue weighted by Crippen LogP contribution is -2.51. The van der Waals surface area contributed by atoms with Crippen molar-refractivity contribution in [2.45, 2.75) is 84.3 Å². The molecule has 0 radical (unpaired) electrons. The highest BCUT2D eigenvalue weighted by Gasteiger charge is 2.58. The number of hydrogen-bond acceptors (Lipinski definition) is 3. The first kappa shape index (κ1) is 16.6. The molecule has 0 heterocycles. The van der Waals surface area contributed by atoms with Crippen molar-refractivity contribution in [1.29, 1.82) is 0 Å². The molecule has 24 heavy (non-hydrogen) atoms. The molecular weight excluding hydrogens is 300 g/mol. The van der Waals surface area contributed by atoms with Crippen LogP contribution in [0.3, 0.4) is 0 Å². The highest BCUT2D eigenvalue weighted by atomic mass is 16.5. The number of aliphatic hydroxyl groups excluding tert-OH is 1. The van der Waals surface area contributed by atoms with Crippen LogP contribution in [0.4, 0.5) is 0 Å². The Bertz CT molecular complexity index is 567. The van der Waals surface area contributed by atoms with Crippen LogP contribution in [-0.2, 0) is 9.53 Å². The smallest absolute Gasteiger partial charge is 0.302 e. The van der Waals surface area contributed by atoms with Crippen molar-refractivity contribution < 1.29 is 14.6 Å². The summed E-state index contributed by atoms with van der Waals surface area (Å²) in [5.41, 5.74) is 1.98. The number of rotatable bonds is 1. The summed E-state index contributed by atoms with van der Waals surface area (Å²) in [6.07, 6.45) is 11.3. The van der Waals surface area contributed by atoms with Crippen molar-refractivity contribution in [3.8, 4) is 0 Å². The Hall–Kier alpha value is -0.830. The maximum atomic E-state index is 11.3. The van der Waals surface area contributed by atoms with Gasteiger partial charge in [-0.25, -0.2) is 0 Å². The summed E-state index contributed by atoms with van der Waals surface area (Å²) in [5, 5.41) is 10.5. The molecule has 0 amide bonds. The molecule has 1 N–H and O–H groups in total. The van der Waals surface area contributed by atoms with Crippen LogP contribution in [0.2, 0.25) is 0 Å². The van der Waals surface area contributed by atoms with Gasteiger partial charge in [0.15, 0.2) is 0 Å². The van der Waals surface area contributed by atoms with Crippen LogP contribution in [0.25, 0.3) is 0 Å². The van der Waals surface area contributed by atoms with Crippen molar-refractivity contribution >= 4 is 5.97 Å². The molecule has 4 aliphatic rings. The second-order valence-electron chi connectivity index (χ2n) is 9.37. The lowest BCUT2D eigenvalue weighted by molar-refractivity contribution is -0.148. The van der Waals surface area contributed by atoms with Crippen LogP contribution in [0.15, 0.2) is 11.6 Å². The first-order valence-electron chi connectivity index (χ1n) is 9.89. The zero-order valence-electron chi connectivity index (χ0n) is 15.4. The number of allylic oxidation sites excluding steroid dienone is 1. The van der Waals surface area contributed by atoms with E-state index in [-0.39, 0.29) is 29.0 Å². The Morgan fingerprint density at radius 1 is 1.17 bits per heavy atom. The molecule has 0 aromatic carbocycles. The maximum absolute atomic E-state index is 11.3. The Morgan fingerprint density at radius 2 is 1.96 bits per heavy atom. The molecule has 3 nitrogen and oxygen atoms in total. The van der Waals surface area contributed by atoms with Crippen molar-refractivity contribution in [3.05, 3.63) is 11.6 Å². The number of hydrogen-bond donors (Lipinski definition) is 1. The Kier molecular flexibility index (Phi) is 3.87. The van der Waals surface area contributed by atoms with Gasteiger partial charge in [0.2, 0.25) is 0 Å². The summed E-state index contributed by atoms with van der Waals surface area (Å²) in [6.45, 7) is 6.32. The van der Waals surface area contributed by atoms with Crippen LogP contribution < -0.4 is 0 Å². The van der Waals surface area contributed by atoms with Crippen molar-refractivity contribution in [3.63, 3.8) is 0 Å². The van der Waals surface area contributed by atoms with Gasteiger partial charge >= 0.3 is 5.97 Å². The van der Waals surface area contributed by atoms with Crippen LogP contribution in [0.1, 0.15) is 72.1 Å². The third kappa shape index (κ3) is 2.30. The Balaban J connectivity index is 1.59. The van der Waals surface area contributed by atoms with E-state index in [9.17, 15) is 9.90 Å². The minimum absolute atomic E-state index is 0.0838. The summed E-state index contributed by atoms with van der Waals surface area (Å²) >= 11 is 0. The fourth-order valence-corrected chi connectivity index (χ4v) is 6.94. The number of aliphatic hydroxyl groups is 1. The molecule has 0 aliphatic heterocycles. The zero-order chi connectivity index (χ0) is 17.1. The summed E-state index contributed by atoms with van der Waals surface area (Å²) in [5.74, 6) is 2.03. The normalized spacial score (nSPS) is 50.3. The molecule has 7 atom stereocenters. The zero-order valence-corrected chi connectivity index (χ0v) is 15.4. The molecule has 0 bridgehead atoms. The summed E-state index contributed by atoms with van der Waals surface area (Å²) in [6, 6.07) is 0. The highest BCUT2D eigenvalue weighted by Crippen LogP contribution is 2.64. The standard InChI is InChI=1S/C21H32O3/c1-13(22)24-15-8-10-20(2)14(12-15)4-5-16-17-6-7-19(23)21(17,3)11-9-18(16)20/h4,15-19,23H,5-12H2,1-3H3/t15-,16-,17-,18-,19-,20-,21+/m1/s1. The maximum Gasteiger partial charge on any atom is 0.302 e. The Labute approximate surface area is 145 Å². The number of ether oxygens (including phenoxy) is 1. The van der Waals surface area contributed by atoms with Gasteiger partial charge in [-0.2, -0.15) is 0 Å². The second-order valence-corrected chi connectivity index (χ2v) is 9.37. The third-order valence-electron chi connectivity index (χ3n) is 8.34. The first-order chi connectivity index (χ1) is 11.3. The van der Waals surface area contributed by atoms with Gasteiger partial charge in [-0.15, -0.1) is 0 Å². The number of fused-ring (bicyclic) bond motifs is 5. The predicted octanol–water partition coefficient (Wildman–Crippen LogP) is 4.24. The summed E-state index contributed by atoms with van der Waals surface area (Å²) < 4.78 is 5.51. The fourth-order valence-electron chi connectivity index (χ4n) is 6.94. The topological polar surface area (TPSA) is 46.5 Å². The predicted molar refractivity (Wildman–Crippen MR) is 93.3 cm³/mol. The first-order valence-corrected chi connectivity index (χ1v) is 9.89. The summed E-state index contributed by atoms with van der Waals surface area (Å²) in [7, 11) is 0. The highest BCUT2D eigenvalue weighted by molar-refractivity contribution is 5.66. The fraction of sp³-hybridized carbons (Fsp3) is 0.857.